The number of aryl methyl sites for hydroxylation is 1. The van der Waals surface area contributed by atoms with E-state index in [1.165, 1.54) is 11.3 Å². The first-order valence-corrected chi connectivity index (χ1v) is 8.72. The van der Waals surface area contributed by atoms with Gasteiger partial charge >= 0.3 is 0 Å². The number of amides is 1. The molecule has 0 aliphatic carbocycles. The van der Waals surface area contributed by atoms with E-state index < -0.39 is 0 Å². The van der Waals surface area contributed by atoms with Gasteiger partial charge in [-0.25, -0.2) is 0 Å². The van der Waals surface area contributed by atoms with Gasteiger partial charge in [-0.2, -0.15) is 0 Å². The lowest BCUT2D eigenvalue weighted by molar-refractivity contribution is -0.116. The number of nitrogens with zero attached hydrogens (tertiary/aromatic N) is 3. The molecule has 2 aromatic heterocycles. The molecular formula is C16H14N4OS2. The number of aromatic nitrogens is 3. The van der Waals surface area contributed by atoms with Gasteiger partial charge < -0.3 is 5.32 Å². The van der Waals surface area contributed by atoms with E-state index in [1.54, 1.807) is 29.7 Å². The first-order valence-electron chi connectivity index (χ1n) is 7.02. The highest BCUT2D eigenvalue weighted by atomic mass is 32.2. The van der Waals surface area contributed by atoms with Crippen LogP contribution in [0.5, 0.6) is 0 Å². The lowest BCUT2D eigenvalue weighted by Gasteiger charge is -2.06. The Morgan fingerprint density at radius 2 is 1.91 bits per heavy atom. The second-order valence-electron chi connectivity index (χ2n) is 4.73. The molecule has 0 atom stereocenters. The highest BCUT2D eigenvalue weighted by Gasteiger charge is 2.05. The monoisotopic (exact) mass is 342 g/mol. The molecule has 1 N–H and O–H groups in total. The van der Waals surface area contributed by atoms with Crippen molar-refractivity contribution in [3.05, 3.63) is 59.9 Å². The molecular weight excluding hydrogens is 328 g/mol. The van der Waals surface area contributed by atoms with Crippen LogP contribution in [0.2, 0.25) is 0 Å². The highest BCUT2D eigenvalue weighted by Crippen LogP contribution is 2.29. The van der Waals surface area contributed by atoms with Crippen molar-refractivity contribution in [3.63, 3.8) is 0 Å². The van der Waals surface area contributed by atoms with Gasteiger partial charge in [-0.05, 0) is 48.4 Å². The Labute approximate surface area is 142 Å². The molecule has 0 aliphatic rings. The number of pyridine rings is 1. The van der Waals surface area contributed by atoms with Gasteiger partial charge in [0.1, 0.15) is 5.51 Å². The summed E-state index contributed by atoms with van der Waals surface area (Å²) in [6.07, 6.45) is 4.63. The molecule has 0 fully saturated rings. The van der Waals surface area contributed by atoms with E-state index in [0.717, 1.165) is 20.5 Å². The molecule has 116 valence electrons. The van der Waals surface area contributed by atoms with Crippen LogP contribution in [0.15, 0.2) is 63.5 Å². The van der Waals surface area contributed by atoms with Crippen LogP contribution in [0.25, 0.3) is 0 Å². The van der Waals surface area contributed by atoms with Crippen molar-refractivity contribution < 1.29 is 4.79 Å². The maximum Gasteiger partial charge on any atom is 0.224 e. The van der Waals surface area contributed by atoms with Crippen molar-refractivity contribution in [2.45, 2.75) is 22.1 Å². The predicted molar refractivity (Wildman–Crippen MR) is 91.7 cm³/mol. The normalized spacial score (nSPS) is 10.4. The summed E-state index contributed by atoms with van der Waals surface area (Å²) in [5.74, 6) is 0.00587. The molecule has 3 rings (SSSR count). The van der Waals surface area contributed by atoms with Gasteiger partial charge in [-0.3, -0.25) is 9.78 Å². The van der Waals surface area contributed by atoms with Crippen molar-refractivity contribution in [1.29, 1.82) is 0 Å². The Morgan fingerprint density at radius 1 is 1.13 bits per heavy atom. The molecule has 3 aromatic rings. The second-order valence-corrected chi connectivity index (χ2v) is 6.89. The topological polar surface area (TPSA) is 67.8 Å². The maximum absolute atomic E-state index is 12.0. The van der Waals surface area contributed by atoms with Gasteiger partial charge in [0.05, 0.1) is 0 Å². The molecule has 2 heterocycles. The minimum atomic E-state index is 0.00587. The fraction of sp³-hybridized carbons (Fsp3) is 0.125. The molecule has 0 radical (unpaired) electrons. The summed E-state index contributed by atoms with van der Waals surface area (Å²) >= 11 is 3.06. The number of hydrogen-bond acceptors (Lipinski definition) is 6. The number of carbonyl (C=O) groups excluding carboxylic acids is 1. The van der Waals surface area contributed by atoms with E-state index in [1.807, 2.05) is 36.4 Å². The first kappa shape index (κ1) is 15.6. The van der Waals surface area contributed by atoms with Crippen LogP contribution in [-0.2, 0) is 11.2 Å². The van der Waals surface area contributed by atoms with Crippen molar-refractivity contribution in [2.24, 2.45) is 0 Å². The van der Waals surface area contributed by atoms with Gasteiger partial charge in [0.25, 0.3) is 0 Å². The molecule has 1 amide bonds. The van der Waals surface area contributed by atoms with Gasteiger partial charge in [0.2, 0.25) is 5.91 Å². The van der Waals surface area contributed by atoms with E-state index in [4.69, 9.17) is 0 Å². The minimum Gasteiger partial charge on any atom is -0.326 e. The van der Waals surface area contributed by atoms with Crippen molar-refractivity contribution in [3.8, 4) is 0 Å². The third-order valence-corrected chi connectivity index (χ3v) is 4.86. The number of benzene rings is 1. The van der Waals surface area contributed by atoms with E-state index >= 15 is 0 Å². The number of carbonyl (C=O) groups is 1. The Hall–Kier alpha value is -2.25. The van der Waals surface area contributed by atoms with E-state index in [-0.39, 0.29) is 5.91 Å². The van der Waals surface area contributed by atoms with Crippen LogP contribution in [-0.4, -0.2) is 21.1 Å². The summed E-state index contributed by atoms with van der Waals surface area (Å²) < 4.78 is 0.902. The van der Waals surface area contributed by atoms with Crippen LogP contribution in [0.4, 0.5) is 5.69 Å². The smallest absolute Gasteiger partial charge is 0.224 e. The zero-order valence-electron chi connectivity index (χ0n) is 12.2. The Balaban J connectivity index is 1.50. The van der Waals surface area contributed by atoms with Crippen LogP contribution < -0.4 is 5.32 Å². The summed E-state index contributed by atoms with van der Waals surface area (Å²) in [6, 6.07) is 11.6. The van der Waals surface area contributed by atoms with Crippen LogP contribution in [0.1, 0.15) is 12.0 Å². The van der Waals surface area contributed by atoms with Crippen molar-refractivity contribution in [2.75, 3.05) is 5.32 Å². The molecule has 0 aliphatic heterocycles. The molecule has 0 unspecified atom stereocenters. The van der Waals surface area contributed by atoms with Gasteiger partial charge in [0, 0.05) is 29.4 Å². The predicted octanol–water partition coefficient (Wildman–Crippen LogP) is 3.66. The summed E-state index contributed by atoms with van der Waals surface area (Å²) in [5, 5.41) is 10.7. The molecule has 0 bridgehead atoms. The lowest BCUT2D eigenvalue weighted by Crippen LogP contribution is -2.12. The standard InChI is InChI=1S/C16H14N4OS2/c21-15(6-1-12-7-9-17-10-8-12)19-13-2-4-14(5-3-13)23-16-20-18-11-22-16/h2-5,7-11H,1,6H2,(H,19,21). The van der Waals surface area contributed by atoms with Gasteiger partial charge in [-0.1, -0.05) is 23.1 Å². The van der Waals surface area contributed by atoms with Gasteiger partial charge in [0.15, 0.2) is 4.34 Å². The van der Waals surface area contributed by atoms with E-state index in [0.29, 0.717) is 12.8 Å². The largest absolute Gasteiger partial charge is 0.326 e. The Morgan fingerprint density at radius 3 is 2.61 bits per heavy atom. The summed E-state index contributed by atoms with van der Waals surface area (Å²) in [6.45, 7) is 0. The first-order chi connectivity index (χ1) is 11.3. The Kier molecular flexibility index (Phi) is 5.33. The fourth-order valence-electron chi connectivity index (χ4n) is 1.95. The highest BCUT2D eigenvalue weighted by molar-refractivity contribution is 8.01. The number of anilines is 1. The number of hydrogen-bond donors (Lipinski definition) is 1. The average Bonchev–Trinajstić information content (AvgIpc) is 3.09. The minimum absolute atomic E-state index is 0.00587. The molecule has 1 aromatic carbocycles. The SMILES string of the molecule is O=C(CCc1ccncc1)Nc1ccc(Sc2nncs2)cc1. The molecule has 7 heteroatoms. The van der Waals surface area contributed by atoms with Crippen LogP contribution in [0, 0.1) is 0 Å². The van der Waals surface area contributed by atoms with Crippen molar-refractivity contribution in [1.82, 2.24) is 15.2 Å². The average molecular weight is 342 g/mol. The van der Waals surface area contributed by atoms with Crippen LogP contribution in [0.3, 0.4) is 0 Å². The number of rotatable bonds is 6. The summed E-state index contributed by atoms with van der Waals surface area (Å²) in [5.41, 5.74) is 3.62. The molecule has 0 saturated heterocycles. The summed E-state index contributed by atoms with van der Waals surface area (Å²) in [4.78, 5) is 17.0. The Bertz CT molecular complexity index is 746. The van der Waals surface area contributed by atoms with E-state index in [2.05, 4.69) is 20.5 Å². The third-order valence-electron chi connectivity index (χ3n) is 3.07. The third kappa shape index (κ3) is 4.87. The second kappa shape index (κ2) is 7.85. The summed E-state index contributed by atoms with van der Waals surface area (Å²) in [7, 11) is 0. The number of nitrogens with one attached hydrogen (secondary N) is 1. The molecule has 5 nitrogen and oxygen atoms in total. The van der Waals surface area contributed by atoms with Crippen LogP contribution >= 0.6 is 23.1 Å². The zero-order chi connectivity index (χ0) is 15.9. The zero-order valence-corrected chi connectivity index (χ0v) is 13.8. The fourth-order valence-corrected chi connectivity index (χ4v) is 3.40. The van der Waals surface area contributed by atoms with Crippen molar-refractivity contribution >= 4 is 34.7 Å². The molecule has 0 spiro atoms. The van der Waals surface area contributed by atoms with E-state index in [9.17, 15) is 4.79 Å². The molecule has 23 heavy (non-hydrogen) atoms. The maximum atomic E-state index is 12.0. The molecule has 0 saturated carbocycles. The quantitative estimate of drug-likeness (QED) is 0.740. The van der Waals surface area contributed by atoms with Gasteiger partial charge in [-0.15, -0.1) is 10.2 Å². The lowest BCUT2D eigenvalue weighted by atomic mass is 10.1.